The summed E-state index contributed by atoms with van der Waals surface area (Å²) in [5.41, 5.74) is 1.67. The number of ether oxygens (including phenoxy) is 1. The van der Waals surface area contributed by atoms with Crippen molar-refractivity contribution in [1.29, 1.82) is 0 Å². The first-order valence-electron chi connectivity index (χ1n) is 8.58. The van der Waals surface area contributed by atoms with E-state index in [0.29, 0.717) is 57.4 Å². The van der Waals surface area contributed by atoms with E-state index in [1.54, 1.807) is 15.9 Å². The minimum atomic E-state index is -3.53. The highest BCUT2D eigenvalue weighted by molar-refractivity contribution is 7.89. The summed E-state index contributed by atoms with van der Waals surface area (Å²) in [7, 11) is -3.53. The molecule has 2 heterocycles. The monoisotopic (exact) mass is 367 g/mol. The molecule has 8 heteroatoms. The normalized spacial score (nSPS) is 19.9. The predicted molar refractivity (Wildman–Crippen MR) is 94.0 cm³/mol. The lowest BCUT2D eigenvalue weighted by molar-refractivity contribution is 0.0405. The van der Waals surface area contributed by atoms with Crippen LogP contribution in [0.3, 0.4) is 0 Å². The van der Waals surface area contributed by atoms with Crippen LogP contribution in [0, 0.1) is 13.8 Å². The van der Waals surface area contributed by atoms with E-state index in [-0.39, 0.29) is 6.03 Å². The first kappa shape index (κ1) is 18.2. The van der Waals surface area contributed by atoms with Gasteiger partial charge in [-0.25, -0.2) is 13.2 Å². The van der Waals surface area contributed by atoms with Crippen LogP contribution >= 0.6 is 0 Å². The molecule has 7 nitrogen and oxygen atoms in total. The number of hydrogen-bond acceptors (Lipinski definition) is 4. The maximum absolute atomic E-state index is 12.9. The van der Waals surface area contributed by atoms with Crippen molar-refractivity contribution in [3.8, 4) is 0 Å². The van der Waals surface area contributed by atoms with Crippen molar-refractivity contribution in [3.05, 3.63) is 29.3 Å². The zero-order chi connectivity index (χ0) is 18.0. The standard InChI is InChI=1S/C17H25N3O4S/c1-14-3-4-15(2)16(13-14)25(22,23)20-7-5-18(6-8-20)17(21)19-9-11-24-12-10-19/h3-4,13H,5-12H2,1-2H3. The molecule has 138 valence electrons. The lowest BCUT2D eigenvalue weighted by atomic mass is 10.2. The number of benzene rings is 1. The maximum atomic E-state index is 12.9. The van der Waals surface area contributed by atoms with E-state index in [1.165, 1.54) is 4.31 Å². The van der Waals surface area contributed by atoms with Crippen molar-refractivity contribution in [2.45, 2.75) is 18.7 Å². The van der Waals surface area contributed by atoms with Crippen molar-refractivity contribution < 1.29 is 17.9 Å². The summed E-state index contributed by atoms with van der Waals surface area (Å²) in [5, 5.41) is 0. The first-order valence-corrected chi connectivity index (χ1v) is 10.0. The van der Waals surface area contributed by atoms with Gasteiger partial charge >= 0.3 is 6.03 Å². The Labute approximate surface area is 149 Å². The number of morpholine rings is 1. The Morgan fingerprint density at radius 1 is 0.960 bits per heavy atom. The number of nitrogens with zero attached hydrogens (tertiary/aromatic N) is 3. The number of urea groups is 1. The van der Waals surface area contributed by atoms with Crippen LogP contribution < -0.4 is 0 Å². The van der Waals surface area contributed by atoms with Crippen molar-refractivity contribution in [1.82, 2.24) is 14.1 Å². The fourth-order valence-corrected chi connectivity index (χ4v) is 4.93. The predicted octanol–water partition coefficient (Wildman–Crippen LogP) is 1.06. The molecule has 2 fully saturated rings. The van der Waals surface area contributed by atoms with Crippen molar-refractivity contribution in [2.75, 3.05) is 52.5 Å². The third-order valence-electron chi connectivity index (χ3n) is 4.75. The molecule has 0 atom stereocenters. The second-order valence-corrected chi connectivity index (χ2v) is 8.45. The summed E-state index contributed by atoms with van der Waals surface area (Å²) in [4.78, 5) is 16.4. The molecule has 0 bridgehead atoms. The van der Waals surface area contributed by atoms with Gasteiger partial charge in [-0.1, -0.05) is 12.1 Å². The summed E-state index contributed by atoms with van der Waals surface area (Å²) >= 11 is 0. The SMILES string of the molecule is Cc1ccc(C)c(S(=O)(=O)N2CCN(C(=O)N3CCOCC3)CC2)c1. The second kappa shape index (κ2) is 7.31. The lowest BCUT2D eigenvalue weighted by Crippen LogP contribution is -2.55. The van der Waals surface area contributed by atoms with E-state index in [0.717, 1.165) is 11.1 Å². The van der Waals surface area contributed by atoms with Crippen LogP contribution in [-0.2, 0) is 14.8 Å². The maximum Gasteiger partial charge on any atom is 0.320 e. The molecular weight excluding hydrogens is 342 g/mol. The van der Waals surface area contributed by atoms with Gasteiger partial charge in [-0.15, -0.1) is 0 Å². The Morgan fingerprint density at radius 3 is 2.20 bits per heavy atom. The number of rotatable bonds is 2. The van der Waals surface area contributed by atoms with Gasteiger partial charge in [0, 0.05) is 39.3 Å². The topological polar surface area (TPSA) is 70.2 Å². The van der Waals surface area contributed by atoms with E-state index in [2.05, 4.69) is 0 Å². The summed E-state index contributed by atoms with van der Waals surface area (Å²) < 4.78 is 32.6. The van der Waals surface area contributed by atoms with Gasteiger partial charge in [0.15, 0.2) is 0 Å². The van der Waals surface area contributed by atoms with E-state index in [4.69, 9.17) is 4.74 Å². The molecule has 0 spiro atoms. The summed E-state index contributed by atoms with van der Waals surface area (Å²) in [6, 6.07) is 5.44. The average molecular weight is 367 g/mol. The Kier molecular flexibility index (Phi) is 5.31. The van der Waals surface area contributed by atoms with Crippen LogP contribution in [0.5, 0.6) is 0 Å². The fourth-order valence-electron chi connectivity index (χ4n) is 3.20. The molecule has 0 aliphatic carbocycles. The quantitative estimate of drug-likeness (QED) is 0.784. The molecule has 2 saturated heterocycles. The number of carbonyl (C=O) groups is 1. The Morgan fingerprint density at radius 2 is 1.56 bits per heavy atom. The van der Waals surface area contributed by atoms with Gasteiger partial charge in [-0.2, -0.15) is 4.31 Å². The molecule has 1 aromatic rings. The summed E-state index contributed by atoms with van der Waals surface area (Å²) in [5.74, 6) is 0. The smallest absolute Gasteiger partial charge is 0.320 e. The molecule has 1 aromatic carbocycles. The Hall–Kier alpha value is -1.64. The minimum absolute atomic E-state index is 0.0212. The zero-order valence-corrected chi connectivity index (χ0v) is 15.6. The number of sulfonamides is 1. The number of aryl methyl sites for hydroxylation is 2. The third kappa shape index (κ3) is 3.80. The van der Waals surface area contributed by atoms with Crippen LogP contribution in [-0.4, -0.2) is 81.0 Å². The van der Waals surface area contributed by atoms with Crippen LogP contribution in [0.1, 0.15) is 11.1 Å². The third-order valence-corrected chi connectivity index (χ3v) is 6.79. The van der Waals surface area contributed by atoms with E-state index >= 15 is 0 Å². The molecule has 0 N–H and O–H groups in total. The molecular formula is C17H25N3O4S. The summed E-state index contributed by atoms with van der Waals surface area (Å²) in [6.45, 7) is 7.50. The molecule has 0 radical (unpaired) electrons. The summed E-state index contributed by atoms with van der Waals surface area (Å²) in [6.07, 6.45) is 0. The molecule has 0 aromatic heterocycles. The number of hydrogen-bond donors (Lipinski definition) is 0. The highest BCUT2D eigenvalue weighted by Crippen LogP contribution is 2.22. The van der Waals surface area contributed by atoms with Crippen molar-refractivity contribution in [2.24, 2.45) is 0 Å². The largest absolute Gasteiger partial charge is 0.378 e. The van der Waals surface area contributed by atoms with Gasteiger partial charge in [-0.05, 0) is 31.0 Å². The van der Waals surface area contributed by atoms with Crippen LogP contribution in [0.4, 0.5) is 4.79 Å². The molecule has 3 rings (SSSR count). The van der Waals surface area contributed by atoms with Gasteiger partial charge in [-0.3, -0.25) is 0 Å². The van der Waals surface area contributed by atoms with Gasteiger partial charge < -0.3 is 14.5 Å². The lowest BCUT2D eigenvalue weighted by Gasteiger charge is -2.38. The van der Waals surface area contributed by atoms with Gasteiger partial charge in [0.2, 0.25) is 10.0 Å². The van der Waals surface area contributed by atoms with Gasteiger partial charge in [0.25, 0.3) is 0 Å². The Bertz CT molecular complexity index is 736. The minimum Gasteiger partial charge on any atom is -0.378 e. The van der Waals surface area contributed by atoms with Crippen molar-refractivity contribution in [3.63, 3.8) is 0 Å². The molecule has 2 aliphatic rings. The van der Waals surface area contributed by atoms with E-state index in [9.17, 15) is 13.2 Å². The van der Waals surface area contributed by atoms with Crippen molar-refractivity contribution >= 4 is 16.1 Å². The molecule has 2 amide bonds. The number of piperazine rings is 1. The zero-order valence-electron chi connectivity index (χ0n) is 14.8. The second-order valence-electron chi connectivity index (χ2n) is 6.54. The van der Waals surface area contributed by atoms with Crippen LogP contribution in [0.15, 0.2) is 23.1 Å². The number of amides is 2. The van der Waals surface area contributed by atoms with Crippen LogP contribution in [0.2, 0.25) is 0 Å². The first-order chi connectivity index (χ1) is 11.9. The highest BCUT2D eigenvalue weighted by atomic mass is 32.2. The fraction of sp³-hybridized carbons (Fsp3) is 0.588. The van der Waals surface area contributed by atoms with Gasteiger partial charge in [0.1, 0.15) is 0 Å². The van der Waals surface area contributed by atoms with Gasteiger partial charge in [0.05, 0.1) is 18.1 Å². The highest BCUT2D eigenvalue weighted by Gasteiger charge is 2.32. The number of carbonyl (C=O) groups excluding carboxylic acids is 1. The van der Waals surface area contributed by atoms with E-state index in [1.807, 2.05) is 26.0 Å². The van der Waals surface area contributed by atoms with Crippen LogP contribution in [0.25, 0.3) is 0 Å². The molecule has 0 unspecified atom stereocenters. The Balaban J connectivity index is 1.67. The molecule has 2 aliphatic heterocycles. The van der Waals surface area contributed by atoms with E-state index < -0.39 is 10.0 Å². The molecule has 0 saturated carbocycles. The molecule has 25 heavy (non-hydrogen) atoms. The average Bonchev–Trinajstić information content (AvgIpc) is 2.64.